The summed E-state index contributed by atoms with van der Waals surface area (Å²) in [6, 6.07) is 5.68. The third kappa shape index (κ3) is 2.13. The quantitative estimate of drug-likeness (QED) is 0.589. The van der Waals surface area contributed by atoms with Crippen molar-refractivity contribution < 1.29 is 4.79 Å². The van der Waals surface area contributed by atoms with E-state index >= 15 is 0 Å². The van der Waals surface area contributed by atoms with Gasteiger partial charge in [0.1, 0.15) is 0 Å². The first-order valence-corrected chi connectivity index (χ1v) is 4.98. The minimum absolute atomic E-state index is 0.00442. The van der Waals surface area contributed by atoms with Gasteiger partial charge in [-0.15, -0.1) is 0 Å². The van der Waals surface area contributed by atoms with Crippen molar-refractivity contribution in [1.29, 1.82) is 0 Å². The second-order valence-electron chi connectivity index (χ2n) is 3.79. The maximum atomic E-state index is 11.7. The van der Waals surface area contributed by atoms with Crippen molar-refractivity contribution in [3.8, 4) is 0 Å². The molecule has 0 atom stereocenters. The monoisotopic (exact) mass is 191 g/mol. The van der Waals surface area contributed by atoms with Gasteiger partial charge >= 0.3 is 0 Å². The number of benzene rings is 1. The highest BCUT2D eigenvalue weighted by atomic mass is 16.1. The smallest absolute Gasteiger partial charge is 0.167 e. The number of anilines is 1. The van der Waals surface area contributed by atoms with Crippen molar-refractivity contribution >= 4 is 11.5 Å². The number of hydrogen-bond donors (Lipinski definition) is 1. The van der Waals surface area contributed by atoms with Crippen molar-refractivity contribution in [2.75, 3.05) is 5.73 Å². The summed E-state index contributed by atoms with van der Waals surface area (Å²) >= 11 is 0. The van der Waals surface area contributed by atoms with Crippen LogP contribution in [0.2, 0.25) is 0 Å². The van der Waals surface area contributed by atoms with Crippen LogP contribution in [0.5, 0.6) is 0 Å². The molecular weight excluding hydrogens is 174 g/mol. The highest BCUT2D eigenvalue weighted by molar-refractivity contribution is 6.01. The zero-order valence-corrected chi connectivity index (χ0v) is 9.00. The second-order valence-corrected chi connectivity index (χ2v) is 3.79. The molecule has 1 aromatic rings. The number of nitrogens with two attached hydrogens (primary N) is 1. The van der Waals surface area contributed by atoms with E-state index in [0.29, 0.717) is 11.3 Å². The van der Waals surface area contributed by atoms with E-state index in [2.05, 4.69) is 6.92 Å². The Morgan fingerprint density at radius 1 is 1.43 bits per heavy atom. The summed E-state index contributed by atoms with van der Waals surface area (Å²) in [5, 5.41) is 0. The van der Waals surface area contributed by atoms with Gasteiger partial charge in [0.25, 0.3) is 0 Å². The third-order valence-corrected chi connectivity index (χ3v) is 2.31. The van der Waals surface area contributed by atoms with Crippen LogP contribution in [-0.4, -0.2) is 5.78 Å². The van der Waals surface area contributed by atoms with E-state index in [1.165, 1.54) is 5.56 Å². The number of hydrogen-bond acceptors (Lipinski definition) is 2. The maximum Gasteiger partial charge on any atom is 0.167 e. The van der Waals surface area contributed by atoms with Gasteiger partial charge in [0.15, 0.2) is 5.78 Å². The summed E-state index contributed by atoms with van der Waals surface area (Å²) in [5.41, 5.74) is 8.23. The molecule has 0 amide bonds. The lowest BCUT2D eigenvalue weighted by molar-refractivity contribution is 0.0940. The minimum Gasteiger partial charge on any atom is -0.398 e. The molecule has 0 spiro atoms. The Kier molecular flexibility index (Phi) is 3.28. The number of aryl methyl sites for hydroxylation is 1. The number of nitrogen functional groups attached to an aromatic ring is 1. The Balaban J connectivity index is 3.06. The first kappa shape index (κ1) is 10.8. The lowest BCUT2D eigenvalue weighted by Gasteiger charge is -2.08. The largest absolute Gasteiger partial charge is 0.398 e. The van der Waals surface area contributed by atoms with Crippen LogP contribution in [0.1, 0.15) is 36.7 Å². The Hall–Kier alpha value is -1.31. The molecule has 14 heavy (non-hydrogen) atoms. The molecule has 0 saturated heterocycles. The number of carbonyl (C=O) groups excluding carboxylic acids is 1. The average Bonchev–Trinajstić information content (AvgIpc) is 2.16. The van der Waals surface area contributed by atoms with Crippen LogP contribution in [0, 0.1) is 5.92 Å². The molecule has 0 aliphatic rings. The lowest BCUT2D eigenvalue weighted by Crippen LogP contribution is -2.10. The summed E-state index contributed by atoms with van der Waals surface area (Å²) in [7, 11) is 0. The van der Waals surface area contributed by atoms with Crippen LogP contribution in [0.3, 0.4) is 0 Å². The van der Waals surface area contributed by atoms with E-state index in [4.69, 9.17) is 5.73 Å². The van der Waals surface area contributed by atoms with Crippen molar-refractivity contribution in [2.24, 2.45) is 5.92 Å². The molecular formula is C12H17NO. The molecule has 0 heterocycles. The van der Waals surface area contributed by atoms with Crippen LogP contribution >= 0.6 is 0 Å². The summed E-state index contributed by atoms with van der Waals surface area (Å²) in [4.78, 5) is 11.7. The molecule has 0 bridgehead atoms. The van der Waals surface area contributed by atoms with Crippen LogP contribution < -0.4 is 5.73 Å². The first-order valence-electron chi connectivity index (χ1n) is 4.98. The zero-order valence-electron chi connectivity index (χ0n) is 9.00. The zero-order chi connectivity index (χ0) is 10.7. The molecule has 76 valence electrons. The van der Waals surface area contributed by atoms with Crippen LogP contribution in [0.4, 0.5) is 5.69 Å². The standard InChI is InChI=1S/C12H17NO/c1-4-9-5-6-10(11(13)7-9)12(14)8(2)3/h5-8H,4,13H2,1-3H3. The topological polar surface area (TPSA) is 43.1 Å². The van der Waals surface area contributed by atoms with Gasteiger partial charge in [-0.25, -0.2) is 0 Å². The van der Waals surface area contributed by atoms with Crippen molar-refractivity contribution in [1.82, 2.24) is 0 Å². The van der Waals surface area contributed by atoms with Gasteiger partial charge in [-0.05, 0) is 24.1 Å². The van der Waals surface area contributed by atoms with E-state index < -0.39 is 0 Å². The Bertz CT molecular complexity index is 342. The summed E-state index contributed by atoms with van der Waals surface area (Å²) < 4.78 is 0. The third-order valence-electron chi connectivity index (χ3n) is 2.31. The van der Waals surface area contributed by atoms with Gasteiger partial charge in [0.2, 0.25) is 0 Å². The summed E-state index contributed by atoms with van der Waals surface area (Å²) in [5.74, 6) is 0.120. The van der Waals surface area contributed by atoms with E-state index in [0.717, 1.165) is 6.42 Å². The summed E-state index contributed by atoms with van der Waals surface area (Å²) in [6.07, 6.45) is 0.945. The number of carbonyl (C=O) groups is 1. The van der Waals surface area contributed by atoms with Gasteiger partial charge in [-0.3, -0.25) is 4.79 Å². The maximum absolute atomic E-state index is 11.7. The molecule has 0 unspecified atom stereocenters. The van der Waals surface area contributed by atoms with E-state index in [1.54, 1.807) is 0 Å². The molecule has 0 radical (unpaired) electrons. The van der Waals surface area contributed by atoms with Crippen molar-refractivity contribution in [2.45, 2.75) is 27.2 Å². The fraction of sp³-hybridized carbons (Fsp3) is 0.417. The number of Topliss-reactive ketones (excluding diaryl/α,β-unsaturated/α-hetero) is 1. The molecule has 0 aliphatic heterocycles. The highest BCUT2D eigenvalue weighted by Gasteiger charge is 2.13. The van der Waals surface area contributed by atoms with E-state index in [-0.39, 0.29) is 11.7 Å². The molecule has 0 aromatic heterocycles. The minimum atomic E-state index is 0.00442. The highest BCUT2D eigenvalue weighted by Crippen LogP contribution is 2.18. The van der Waals surface area contributed by atoms with Gasteiger partial charge in [0, 0.05) is 17.2 Å². The molecule has 0 aliphatic carbocycles. The van der Waals surface area contributed by atoms with E-state index in [9.17, 15) is 4.79 Å². The van der Waals surface area contributed by atoms with Crippen molar-refractivity contribution in [3.05, 3.63) is 29.3 Å². The molecule has 0 fully saturated rings. The predicted octanol–water partition coefficient (Wildman–Crippen LogP) is 2.67. The number of rotatable bonds is 3. The lowest BCUT2D eigenvalue weighted by atomic mass is 9.98. The van der Waals surface area contributed by atoms with Crippen LogP contribution in [-0.2, 0) is 6.42 Å². The summed E-state index contributed by atoms with van der Waals surface area (Å²) in [6.45, 7) is 5.84. The molecule has 2 N–H and O–H groups in total. The average molecular weight is 191 g/mol. The van der Waals surface area contributed by atoms with Gasteiger partial charge in [-0.2, -0.15) is 0 Å². The van der Waals surface area contributed by atoms with E-state index in [1.807, 2.05) is 32.0 Å². The normalized spacial score (nSPS) is 10.6. The molecule has 2 heteroatoms. The first-order chi connectivity index (χ1) is 6.56. The van der Waals surface area contributed by atoms with Gasteiger partial charge in [-0.1, -0.05) is 26.8 Å². The fourth-order valence-corrected chi connectivity index (χ4v) is 1.37. The molecule has 1 aromatic carbocycles. The Morgan fingerprint density at radius 3 is 2.50 bits per heavy atom. The van der Waals surface area contributed by atoms with Gasteiger partial charge < -0.3 is 5.73 Å². The van der Waals surface area contributed by atoms with Gasteiger partial charge in [0.05, 0.1) is 0 Å². The predicted molar refractivity (Wildman–Crippen MR) is 59.4 cm³/mol. The molecule has 1 rings (SSSR count). The SMILES string of the molecule is CCc1ccc(C(=O)C(C)C)c(N)c1. The van der Waals surface area contributed by atoms with Crippen LogP contribution in [0.25, 0.3) is 0 Å². The fourth-order valence-electron chi connectivity index (χ4n) is 1.37. The Morgan fingerprint density at radius 2 is 2.07 bits per heavy atom. The Labute approximate surface area is 85.1 Å². The second kappa shape index (κ2) is 4.27. The molecule has 0 saturated carbocycles. The van der Waals surface area contributed by atoms with Crippen molar-refractivity contribution in [3.63, 3.8) is 0 Å². The number of ketones is 1. The van der Waals surface area contributed by atoms with Crippen LogP contribution in [0.15, 0.2) is 18.2 Å². The molecule has 2 nitrogen and oxygen atoms in total.